The second-order valence-electron chi connectivity index (χ2n) is 8.31. The predicted octanol–water partition coefficient (Wildman–Crippen LogP) is 6.00. The van der Waals surface area contributed by atoms with Crippen LogP contribution in [0.25, 0.3) is 0 Å². The predicted molar refractivity (Wildman–Crippen MR) is 170 cm³/mol. The van der Waals surface area contributed by atoms with Crippen molar-refractivity contribution >= 4 is 58.9 Å². The summed E-state index contributed by atoms with van der Waals surface area (Å²) >= 11 is 6.12. The molecule has 2 rings (SSSR count). The van der Waals surface area contributed by atoms with Crippen molar-refractivity contribution in [3.8, 4) is 23.0 Å². The summed E-state index contributed by atoms with van der Waals surface area (Å²) in [5.74, 6) is 2.94. The van der Waals surface area contributed by atoms with Crippen LogP contribution < -0.4 is 10.6 Å². The van der Waals surface area contributed by atoms with E-state index in [0.717, 1.165) is 39.0 Å². The molecule has 0 aliphatic heterocycles. The maximum Gasteiger partial charge on any atom is 0.216 e. The van der Waals surface area contributed by atoms with Crippen molar-refractivity contribution in [3.05, 3.63) is 23.3 Å². The lowest BCUT2D eigenvalue weighted by Gasteiger charge is -2.16. The van der Waals surface area contributed by atoms with Gasteiger partial charge < -0.3 is 31.1 Å². The molecule has 0 atom stereocenters. The van der Waals surface area contributed by atoms with E-state index in [4.69, 9.17) is 0 Å². The highest BCUT2D eigenvalue weighted by Crippen LogP contribution is 2.45. The van der Waals surface area contributed by atoms with Crippen molar-refractivity contribution in [2.75, 3.05) is 36.1 Å². The molecule has 224 valence electrons. The van der Waals surface area contributed by atoms with Gasteiger partial charge in [-0.05, 0) is 59.1 Å². The van der Waals surface area contributed by atoms with Crippen molar-refractivity contribution in [1.82, 2.24) is 10.6 Å². The maximum atomic E-state index is 11.0. The zero-order chi connectivity index (χ0) is 30.2. The molecule has 0 spiro atoms. The number of benzene rings is 2. The molecular formula is C28H42N2O6S4. The third-order valence-corrected chi connectivity index (χ3v) is 9.19. The number of aromatic hydroxyl groups is 4. The lowest BCUT2D eigenvalue weighted by Crippen LogP contribution is -2.22. The van der Waals surface area contributed by atoms with Crippen LogP contribution in [0.4, 0.5) is 0 Å². The molecule has 2 aromatic rings. The summed E-state index contributed by atoms with van der Waals surface area (Å²) < 4.78 is 0. The summed E-state index contributed by atoms with van der Waals surface area (Å²) in [5.41, 5.74) is 1.95. The Hall–Kier alpha value is -2.02. The normalized spacial score (nSPS) is 10.6. The number of carbonyl (C=O) groups is 2. The topological polar surface area (TPSA) is 139 Å². The van der Waals surface area contributed by atoms with Gasteiger partial charge in [0.05, 0.1) is 14.7 Å². The average Bonchev–Trinajstić information content (AvgIpc) is 2.89. The number of amides is 2. The van der Waals surface area contributed by atoms with E-state index in [0.29, 0.717) is 40.6 Å². The second kappa shape index (κ2) is 19.2. The Kier molecular flexibility index (Phi) is 17.3. The van der Waals surface area contributed by atoms with Crippen molar-refractivity contribution in [3.63, 3.8) is 0 Å². The highest BCUT2D eigenvalue weighted by atomic mass is 32.2. The number of hydrogen-bond donors (Lipinski definition) is 6. The number of phenols is 4. The third kappa shape index (κ3) is 11.5. The molecule has 0 unspecified atom stereocenters. The van der Waals surface area contributed by atoms with Gasteiger partial charge >= 0.3 is 0 Å². The Balaban J connectivity index is 0.000000400. The van der Waals surface area contributed by atoms with Crippen LogP contribution in [0.5, 0.6) is 23.0 Å². The standard InChI is InChI=1S/2C14H21NO3S2/c1-4-19-12-8-11(17)13(18)14(20-5-2)10(12)6-7-15-9(3)16;1-4-19-11-8-10(6-7-15-9(3)16)14(20-5-2)13(18)12(11)17/h2*8,17-18H,4-7H2,1-3H3,(H,15,16). The number of hydrogen-bond acceptors (Lipinski definition) is 10. The molecule has 40 heavy (non-hydrogen) atoms. The monoisotopic (exact) mass is 630 g/mol. The number of rotatable bonds is 14. The van der Waals surface area contributed by atoms with Gasteiger partial charge in [0.2, 0.25) is 11.8 Å². The fourth-order valence-electron chi connectivity index (χ4n) is 3.63. The number of phenolic OH excluding ortho intramolecular Hbond substituents is 4. The van der Waals surface area contributed by atoms with E-state index in [1.165, 1.54) is 49.1 Å². The average molecular weight is 631 g/mol. The highest BCUT2D eigenvalue weighted by Gasteiger charge is 2.18. The summed E-state index contributed by atoms with van der Waals surface area (Å²) in [6.45, 7) is 12.0. The van der Waals surface area contributed by atoms with Gasteiger partial charge in [0, 0.05) is 31.8 Å². The first-order valence-electron chi connectivity index (χ1n) is 13.2. The molecule has 0 saturated carbocycles. The quantitative estimate of drug-likeness (QED) is 0.109. The Morgan fingerprint density at radius 1 is 0.650 bits per heavy atom. The summed E-state index contributed by atoms with van der Waals surface area (Å²) in [5, 5.41) is 45.6. The van der Waals surface area contributed by atoms with E-state index in [9.17, 15) is 30.0 Å². The molecule has 0 radical (unpaired) electrons. The van der Waals surface area contributed by atoms with Gasteiger partial charge in [0.1, 0.15) is 0 Å². The molecule has 12 heteroatoms. The lowest BCUT2D eigenvalue weighted by molar-refractivity contribution is -0.119. The molecule has 0 aromatic heterocycles. The minimum atomic E-state index is -0.0832. The number of thioether (sulfide) groups is 4. The highest BCUT2D eigenvalue weighted by molar-refractivity contribution is 8.00. The SMILES string of the molecule is CCSc1cc(CCNC(C)=O)c(SCC)c(O)c1O.CCSc1cc(O)c(O)c(SCC)c1CCNC(C)=O. The van der Waals surface area contributed by atoms with E-state index >= 15 is 0 Å². The third-order valence-electron chi connectivity index (χ3n) is 5.26. The van der Waals surface area contributed by atoms with Gasteiger partial charge in [-0.15, -0.1) is 47.0 Å². The first-order valence-corrected chi connectivity index (χ1v) is 17.1. The van der Waals surface area contributed by atoms with Crippen LogP contribution in [0.15, 0.2) is 31.7 Å². The molecule has 2 aromatic carbocycles. The molecular weight excluding hydrogens is 589 g/mol. The van der Waals surface area contributed by atoms with Crippen LogP contribution in [-0.2, 0) is 22.4 Å². The first kappa shape index (κ1) is 36.0. The largest absolute Gasteiger partial charge is 0.504 e. The summed E-state index contributed by atoms with van der Waals surface area (Å²) in [6.07, 6.45) is 1.27. The second-order valence-corrected chi connectivity index (χ2v) is 13.5. The molecule has 2 amide bonds. The van der Waals surface area contributed by atoms with Crippen LogP contribution in [-0.4, -0.2) is 68.3 Å². The van der Waals surface area contributed by atoms with Crippen LogP contribution in [0, 0.1) is 0 Å². The Bertz CT molecular complexity index is 1130. The van der Waals surface area contributed by atoms with E-state index in [2.05, 4.69) is 10.6 Å². The van der Waals surface area contributed by atoms with Gasteiger partial charge in [-0.2, -0.15) is 0 Å². The Labute approximate surface area is 254 Å². The summed E-state index contributed by atoms with van der Waals surface area (Å²) in [4.78, 5) is 25.0. The minimum absolute atomic E-state index is 0.0453. The van der Waals surface area contributed by atoms with E-state index in [1.807, 2.05) is 33.8 Å². The van der Waals surface area contributed by atoms with Gasteiger partial charge in [-0.1, -0.05) is 27.7 Å². The van der Waals surface area contributed by atoms with E-state index < -0.39 is 0 Å². The van der Waals surface area contributed by atoms with Crippen molar-refractivity contribution < 1.29 is 30.0 Å². The Morgan fingerprint density at radius 3 is 1.68 bits per heavy atom. The molecule has 6 N–H and O–H groups in total. The minimum Gasteiger partial charge on any atom is -0.504 e. The molecule has 0 fully saturated rings. The van der Waals surface area contributed by atoms with Crippen LogP contribution in [0.2, 0.25) is 0 Å². The Morgan fingerprint density at radius 2 is 1.15 bits per heavy atom. The fourth-order valence-corrected chi connectivity index (χ4v) is 7.14. The molecule has 0 heterocycles. The van der Waals surface area contributed by atoms with E-state index in [1.54, 1.807) is 17.8 Å². The molecule has 0 aliphatic rings. The van der Waals surface area contributed by atoms with Crippen molar-refractivity contribution in [2.24, 2.45) is 0 Å². The van der Waals surface area contributed by atoms with Gasteiger partial charge in [-0.3, -0.25) is 9.59 Å². The molecule has 0 aliphatic carbocycles. The maximum absolute atomic E-state index is 11.0. The smallest absolute Gasteiger partial charge is 0.216 e. The summed E-state index contributed by atoms with van der Waals surface area (Å²) in [6, 6.07) is 3.51. The number of nitrogens with one attached hydrogen (secondary N) is 2. The first-order chi connectivity index (χ1) is 19.0. The summed E-state index contributed by atoms with van der Waals surface area (Å²) in [7, 11) is 0. The van der Waals surface area contributed by atoms with Crippen LogP contribution >= 0.6 is 47.0 Å². The van der Waals surface area contributed by atoms with Gasteiger partial charge in [-0.25, -0.2) is 0 Å². The van der Waals surface area contributed by atoms with Crippen molar-refractivity contribution in [1.29, 1.82) is 0 Å². The molecule has 8 nitrogen and oxygen atoms in total. The number of carbonyl (C=O) groups excluding carboxylic acids is 2. The fraction of sp³-hybridized carbons (Fsp3) is 0.500. The van der Waals surface area contributed by atoms with Crippen LogP contribution in [0.1, 0.15) is 52.7 Å². The lowest BCUT2D eigenvalue weighted by atomic mass is 10.1. The van der Waals surface area contributed by atoms with Gasteiger partial charge in [0.25, 0.3) is 0 Å². The zero-order valence-electron chi connectivity index (χ0n) is 24.0. The molecule has 0 saturated heterocycles. The van der Waals surface area contributed by atoms with Crippen LogP contribution in [0.3, 0.4) is 0 Å². The van der Waals surface area contributed by atoms with Gasteiger partial charge in [0.15, 0.2) is 23.0 Å². The van der Waals surface area contributed by atoms with Crippen molar-refractivity contribution in [2.45, 2.75) is 74.0 Å². The molecule has 0 bridgehead atoms. The zero-order valence-corrected chi connectivity index (χ0v) is 27.3. The van der Waals surface area contributed by atoms with E-state index in [-0.39, 0.29) is 34.8 Å².